The Morgan fingerprint density at radius 1 is 1.05 bits per heavy atom. The molecule has 1 N–H and O–H groups in total. The molecule has 0 unspecified atom stereocenters. The van der Waals surface area contributed by atoms with Crippen molar-refractivity contribution in [2.75, 3.05) is 19.8 Å². The predicted molar refractivity (Wildman–Crippen MR) is 83.8 cm³/mol. The second kappa shape index (κ2) is 10.8. The van der Waals surface area contributed by atoms with Crippen molar-refractivity contribution in [1.82, 2.24) is 5.32 Å². The minimum absolute atomic E-state index is 0.509. The van der Waals surface area contributed by atoms with Crippen LogP contribution in [0.25, 0.3) is 0 Å². The maximum atomic E-state index is 5.64. The molecule has 0 aliphatic carbocycles. The lowest BCUT2D eigenvalue weighted by Crippen LogP contribution is -2.21. The fourth-order valence-electron chi connectivity index (χ4n) is 1.81. The molecule has 0 atom stereocenters. The summed E-state index contributed by atoms with van der Waals surface area (Å²) in [6.07, 6.45) is 2.31. The molecule has 114 valence electrons. The fourth-order valence-corrected chi connectivity index (χ4v) is 1.81. The van der Waals surface area contributed by atoms with Crippen LogP contribution in [0, 0.1) is 0 Å². The third-order valence-electron chi connectivity index (χ3n) is 2.99. The van der Waals surface area contributed by atoms with Crippen molar-refractivity contribution in [2.45, 2.75) is 52.8 Å². The molecule has 0 bridgehead atoms. The first-order valence-corrected chi connectivity index (χ1v) is 7.69. The van der Waals surface area contributed by atoms with Crippen molar-refractivity contribution in [1.29, 1.82) is 0 Å². The lowest BCUT2D eigenvalue weighted by atomic mass is 10.1. The van der Waals surface area contributed by atoms with E-state index < -0.39 is 0 Å². The van der Waals surface area contributed by atoms with Crippen LogP contribution in [0.15, 0.2) is 24.3 Å². The first kappa shape index (κ1) is 17.2. The van der Waals surface area contributed by atoms with Gasteiger partial charge in [-0.05, 0) is 17.5 Å². The molecule has 1 aromatic carbocycles. The van der Waals surface area contributed by atoms with Crippen LogP contribution in [0.3, 0.4) is 0 Å². The van der Waals surface area contributed by atoms with Crippen LogP contribution in [0.1, 0.15) is 44.7 Å². The Kier molecular flexibility index (Phi) is 9.29. The highest BCUT2D eigenvalue weighted by Crippen LogP contribution is 2.07. The van der Waals surface area contributed by atoms with Crippen LogP contribution in [0.4, 0.5) is 0 Å². The van der Waals surface area contributed by atoms with Crippen LogP contribution < -0.4 is 5.32 Å². The SMILES string of the molecule is CCCCOCCOCc1cccc(CNC(C)C)c1. The summed E-state index contributed by atoms with van der Waals surface area (Å²) in [5.74, 6) is 0. The maximum absolute atomic E-state index is 5.64. The second-order valence-electron chi connectivity index (χ2n) is 5.37. The van der Waals surface area contributed by atoms with Crippen LogP contribution >= 0.6 is 0 Å². The van der Waals surface area contributed by atoms with Gasteiger partial charge in [-0.15, -0.1) is 0 Å². The van der Waals surface area contributed by atoms with Gasteiger partial charge in [-0.25, -0.2) is 0 Å². The molecular formula is C17H29NO2. The summed E-state index contributed by atoms with van der Waals surface area (Å²) in [6.45, 7) is 10.2. The zero-order chi connectivity index (χ0) is 14.6. The number of ether oxygens (including phenoxy) is 2. The highest BCUT2D eigenvalue weighted by atomic mass is 16.5. The fraction of sp³-hybridized carbons (Fsp3) is 0.647. The second-order valence-corrected chi connectivity index (χ2v) is 5.37. The smallest absolute Gasteiger partial charge is 0.0718 e. The lowest BCUT2D eigenvalue weighted by Gasteiger charge is -2.10. The highest BCUT2D eigenvalue weighted by molar-refractivity contribution is 5.22. The normalized spacial score (nSPS) is 11.2. The minimum Gasteiger partial charge on any atom is -0.379 e. The van der Waals surface area contributed by atoms with Gasteiger partial charge in [-0.2, -0.15) is 0 Å². The van der Waals surface area contributed by atoms with Crippen molar-refractivity contribution in [2.24, 2.45) is 0 Å². The minimum atomic E-state index is 0.509. The van der Waals surface area contributed by atoms with E-state index in [1.165, 1.54) is 17.5 Å². The Balaban J connectivity index is 2.18. The van der Waals surface area contributed by atoms with Gasteiger partial charge in [0.05, 0.1) is 19.8 Å². The third kappa shape index (κ3) is 8.31. The summed E-state index contributed by atoms with van der Waals surface area (Å²) in [5.41, 5.74) is 2.53. The number of benzene rings is 1. The van der Waals surface area contributed by atoms with Gasteiger partial charge in [0.15, 0.2) is 0 Å². The Morgan fingerprint density at radius 3 is 2.55 bits per heavy atom. The molecule has 1 rings (SSSR count). The highest BCUT2D eigenvalue weighted by Gasteiger charge is 1.98. The van der Waals surface area contributed by atoms with E-state index in [4.69, 9.17) is 9.47 Å². The van der Waals surface area contributed by atoms with E-state index in [-0.39, 0.29) is 0 Å². The van der Waals surface area contributed by atoms with Gasteiger partial charge >= 0.3 is 0 Å². The zero-order valence-electron chi connectivity index (χ0n) is 13.2. The first-order valence-electron chi connectivity index (χ1n) is 7.69. The van der Waals surface area contributed by atoms with Gasteiger partial charge in [0.2, 0.25) is 0 Å². The Hall–Kier alpha value is -0.900. The van der Waals surface area contributed by atoms with E-state index in [9.17, 15) is 0 Å². The topological polar surface area (TPSA) is 30.5 Å². The summed E-state index contributed by atoms with van der Waals surface area (Å²) in [4.78, 5) is 0. The number of rotatable bonds is 11. The van der Waals surface area contributed by atoms with E-state index in [1.807, 2.05) is 0 Å². The van der Waals surface area contributed by atoms with Crippen molar-refractivity contribution >= 4 is 0 Å². The molecule has 0 fully saturated rings. The third-order valence-corrected chi connectivity index (χ3v) is 2.99. The molecule has 0 spiro atoms. The summed E-state index contributed by atoms with van der Waals surface area (Å²) < 4.78 is 11.1. The van der Waals surface area contributed by atoms with Gasteiger partial charge in [0, 0.05) is 19.2 Å². The van der Waals surface area contributed by atoms with Crippen molar-refractivity contribution in [3.8, 4) is 0 Å². The average Bonchev–Trinajstić information content (AvgIpc) is 2.45. The van der Waals surface area contributed by atoms with Gasteiger partial charge in [-0.3, -0.25) is 0 Å². The standard InChI is InChI=1S/C17H29NO2/c1-4-5-9-19-10-11-20-14-17-8-6-7-16(12-17)13-18-15(2)3/h6-8,12,15,18H,4-5,9-11,13-14H2,1-3H3. The molecule has 3 heteroatoms. The molecule has 0 aliphatic rings. The summed E-state index contributed by atoms with van der Waals surface area (Å²) in [7, 11) is 0. The van der Waals surface area contributed by atoms with E-state index in [0.717, 1.165) is 19.6 Å². The molecule has 0 saturated carbocycles. The van der Waals surface area contributed by atoms with Crippen LogP contribution in [-0.2, 0) is 22.6 Å². The molecule has 20 heavy (non-hydrogen) atoms. The Morgan fingerprint density at radius 2 is 1.80 bits per heavy atom. The van der Waals surface area contributed by atoms with Crippen LogP contribution in [0.5, 0.6) is 0 Å². The molecule has 0 amide bonds. The van der Waals surface area contributed by atoms with Gasteiger partial charge in [0.1, 0.15) is 0 Å². The van der Waals surface area contributed by atoms with Crippen LogP contribution in [0.2, 0.25) is 0 Å². The molecule has 0 heterocycles. The molecule has 3 nitrogen and oxygen atoms in total. The van der Waals surface area contributed by atoms with Crippen molar-refractivity contribution < 1.29 is 9.47 Å². The molecule has 1 aromatic rings. The number of hydrogen-bond acceptors (Lipinski definition) is 3. The predicted octanol–water partition coefficient (Wildman–Crippen LogP) is 3.52. The van der Waals surface area contributed by atoms with E-state index >= 15 is 0 Å². The number of unbranched alkanes of at least 4 members (excludes halogenated alkanes) is 1. The molecule has 0 saturated heterocycles. The lowest BCUT2D eigenvalue weighted by molar-refractivity contribution is 0.0396. The van der Waals surface area contributed by atoms with Gasteiger partial charge in [-0.1, -0.05) is 51.5 Å². The van der Waals surface area contributed by atoms with Gasteiger partial charge in [0.25, 0.3) is 0 Å². The summed E-state index contributed by atoms with van der Waals surface area (Å²) >= 11 is 0. The Bertz CT molecular complexity index is 353. The zero-order valence-corrected chi connectivity index (χ0v) is 13.2. The summed E-state index contributed by atoms with van der Waals surface area (Å²) in [5, 5.41) is 3.42. The van der Waals surface area contributed by atoms with Crippen molar-refractivity contribution in [3.63, 3.8) is 0 Å². The molecule has 0 aliphatic heterocycles. The molecular weight excluding hydrogens is 250 g/mol. The number of hydrogen-bond donors (Lipinski definition) is 1. The monoisotopic (exact) mass is 279 g/mol. The summed E-state index contributed by atoms with van der Waals surface area (Å²) in [6, 6.07) is 9.06. The van der Waals surface area contributed by atoms with E-state index in [0.29, 0.717) is 25.9 Å². The number of nitrogens with one attached hydrogen (secondary N) is 1. The van der Waals surface area contributed by atoms with Crippen LogP contribution in [-0.4, -0.2) is 25.9 Å². The average molecular weight is 279 g/mol. The Labute approximate surface area is 123 Å². The largest absolute Gasteiger partial charge is 0.379 e. The quantitative estimate of drug-likeness (QED) is 0.629. The van der Waals surface area contributed by atoms with Crippen molar-refractivity contribution in [3.05, 3.63) is 35.4 Å². The first-order chi connectivity index (χ1) is 9.72. The van der Waals surface area contributed by atoms with E-state index in [1.54, 1.807) is 0 Å². The maximum Gasteiger partial charge on any atom is 0.0718 e. The van der Waals surface area contributed by atoms with E-state index in [2.05, 4.69) is 50.4 Å². The van der Waals surface area contributed by atoms with Gasteiger partial charge < -0.3 is 14.8 Å². The molecule has 0 aromatic heterocycles. The molecule has 0 radical (unpaired) electrons.